The fraction of sp³-hybridized carbons (Fsp3) is 0. The van der Waals surface area contributed by atoms with Gasteiger partial charge in [-0.25, -0.2) is 4.98 Å². The van der Waals surface area contributed by atoms with Crippen molar-refractivity contribution >= 4 is 44.4 Å². The number of allylic oxidation sites excluding steroid dienone is 1. The van der Waals surface area contributed by atoms with Gasteiger partial charge in [0.15, 0.2) is 5.76 Å². The number of fused-ring (bicyclic) bond motifs is 2. The maximum Gasteiger partial charge on any atom is 0.221 e. The van der Waals surface area contributed by atoms with Crippen LogP contribution in [0.25, 0.3) is 22.7 Å². The molecule has 4 nitrogen and oxygen atoms in total. The summed E-state index contributed by atoms with van der Waals surface area (Å²) in [7, 11) is 0. The number of benzene rings is 1. The van der Waals surface area contributed by atoms with E-state index in [-0.39, 0.29) is 5.78 Å². The Labute approximate surface area is 140 Å². The Hall–Kier alpha value is -2.66. The van der Waals surface area contributed by atoms with Crippen LogP contribution in [-0.4, -0.2) is 15.2 Å². The fourth-order valence-electron chi connectivity index (χ4n) is 2.44. The summed E-state index contributed by atoms with van der Waals surface area (Å²) in [6.45, 7) is 0. The van der Waals surface area contributed by atoms with Crippen molar-refractivity contribution in [3.63, 3.8) is 0 Å². The van der Waals surface area contributed by atoms with Crippen LogP contribution in [0, 0.1) is 0 Å². The number of halogens is 1. The third kappa shape index (κ3) is 2.59. The molecule has 0 aliphatic heterocycles. The van der Waals surface area contributed by atoms with Gasteiger partial charge >= 0.3 is 0 Å². The summed E-state index contributed by atoms with van der Waals surface area (Å²) in [5, 5.41) is 0.919. The number of imidazole rings is 1. The number of carbonyl (C=O) groups excluding carboxylic acids is 1. The lowest BCUT2D eigenvalue weighted by Crippen LogP contribution is -1.92. The van der Waals surface area contributed by atoms with Crippen molar-refractivity contribution in [1.29, 1.82) is 0 Å². The molecule has 112 valence electrons. The van der Waals surface area contributed by atoms with Gasteiger partial charge in [0.1, 0.15) is 11.2 Å². The molecule has 0 radical (unpaired) electrons. The molecule has 23 heavy (non-hydrogen) atoms. The van der Waals surface area contributed by atoms with Crippen molar-refractivity contribution in [2.45, 2.75) is 0 Å². The number of carbonyl (C=O) groups is 1. The van der Waals surface area contributed by atoms with Crippen molar-refractivity contribution in [2.75, 3.05) is 0 Å². The number of rotatable bonds is 3. The number of hydrogen-bond acceptors (Lipinski definition) is 3. The van der Waals surface area contributed by atoms with Crippen LogP contribution in [0.2, 0.25) is 0 Å². The number of nitrogens with zero attached hydrogens (tertiary/aromatic N) is 2. The predicted molar refractivity (Wildman–Crippen MR) is 92.5 cm³/mol. The third-order valence-electron chi connectivity index (χ3n) is 3.57. The van der Waals surface area contributed by atoms with Crippen molar-refractivity contribution in [3.8, 4) is 0 Å². The van der Waals surface area contributed by atoms with Crippen molar-refractivity contribution < 1.29 is 9.21 Å². The molecule has 0 spiro atoms. The van der Waals surface area contributed by atoms with E-state index in [4.69, 9.17) is 4.42 Å². The highest BCUT2D eigenvalue weighted by Crippen LogP contribution is 2.20. The SMILES string of the molecule is O=C(C=Cc1cnc2ccc(Br)cn12)c1cc2ccccc2o1. The second-order valence-corrected chi connectivity index (χ2v) is 6.02. The highest BCUT2D eigenvalue weighted by molar-refractivity contribution is 9.10. The maximum absolute atomic E-state index is 12.3. The molecule has 0 aliphatic carbocycles. The van der Waals surface area contributed by atoms with E-state index >= 15 is 0 Å². The molecule has 0 saturated heterocycles. The number of para-hydroxylation sites is 1. The van der Waals surface area contributed by atoms with Crippen LogP contribution in [-0.2, 0) is 0 Å². The first kappa shape index (κ1) is 14.0. The highest BCUT2D eigenvalue weighted by Gasteiger charge is 2.09. The molecule has 3 heterocycles. The molecule has 0 bridgehead atoms. The summed E-state index contributed by atoms with van der Waals surface area (Å²) in [4.78, 5) is 16.6. The molecule has 1 aromatic carbocycles. The zero-order valence-electron chi connectivity index (χ0n) is 11.9. The molecule has 0 atom stereocenters. The Balaban J connectivity index is 1.66. The molecule has 0 aliphatic rings. The van der Waals surface area contributed by atoms with E-state index in [1.807, 2.05) is 47.0 Å². The van der Waals surface area contributed by atoms with Crippen LogP contribution in [0.15, 0.2) is 69.8 Å². The summed E-state index contributed by atoms with van der Waals surface area (Å²) in [5.41, 5.74) is 2.36. The maximum atomic E-state index is 12.3. The van der Waals surface area contributed by atoms with Crippen molar-refractivity contribution in [1.82, 2.24) is 9.38 Å². The second-order valence-electron chi connectivity index (χ2n) is 5.10. The first-order valence-corrected chi connectivity index (χ1v) is 7.83. The lowest BCUT2D eigenvalue weighted by molar-refractivity contribution is 0.102. The smallest absolute Gasteiger partial charge is 0.221 e. The normalized spacial score (nSPS) is 11.7. The molecule has 4 aromatic rings. The number of furan rings is 1. The zero-order chi connectivity index (χ0) is 15.8. The Bertz CT molecular complexity index is 1030. The topological polar surface area (TPSA) is 47.5 Å². The van der Waals surface area contributed by atoms with Gasteiger partial charge in [-0.1, -0.05) is 18.2 Å². The summed E-state index contributed by atoms with van der Waals surface area (Å²) >= 11 is 3.43. The Kier molecular flexibility index (Phi) is 3.35. The number of aromatic nitrogens is 2. The van der Waals surface area contributed by atoms with Crippen LogP contribution in [0.5, 0.6) is 0 Å². The largest absolute Gasteiger partial charge is 0.453 e. The lowest BCUT2D eigenvalue weighted by atomic mass is 10.2. The first-order valence-electron chi connectivity index (χ1n) is 7.04. The molecule has 0 saturated carbocycles. The third-order valence-corrected chi connectivity index (χ3v) is 4.04. The van der Waals surface area contributed by atoms with E-state index in [0.29, 0.717) is 11.3 Å². The quantitative estimate of drug-likeness (QED) is 0.388. The minimum atomic E-state index is -0.175. The Morgan fingerprint density at radius 2 is 2.09 bits per heavy atom. The van der Waals surface area contributed by atoms with Crippen LogP contribution in [0.1, 0.15) is 16.2 Å². The standard InChI is InChI=1S/C18H11BrN2O2/c19-13-5-8-18-20-10-14(21(18)11-13)6-7-15(22)17-9-12-3-1-2-4-16(12)23-17/h1-11H. The van der Waals surface area contributed by atoms with Gasteiger partial charge in [0.25, 0.3) is 0 Å². The summed E-state index contributed by atoms with van der Waals surface area (Å²) in [5.74, 6) is 0.156. The van der Waals surface area contributed by atoms with Gasteiger partial charge in [0, 0.05) is 16.1 Å². The molecular weight excluding hydrogens is 356 g/mol. The number of ketones is 1. The van der Waals surface area contributed by atoms with Gasteiger partial charge < -0.3 is 4.42 Å². The molecule has 4 rings (SSSR count). The van der Waals surface area contributed by atoms with Gasteiger partial charge in [-0.15, -0.1) is 0 Å². The molecular formula is C18H11BrN2O2. The first-order chi connectivity index (χ1) is 11.2. The zero-order valence-corrected chi connectivity index (χ0v) is 13.5. The summed E-state index contributed by atoms with van der Waals surface area (Å²) < 4.78 is 8.43. The van der Waals surface area contributed by atoms with E-state index in [9.17, 15) is 4.79 Å². The molecule has 0 amide bonds. The van der Waals surface area contributed by atoms with E-state index in [1.165, 1.54) is 6.08 Å². The minimum absolute atomic E-state index is 0.175. The van der Waals surface area contributed by atoms with Crippen molar-refractivity contribution in [3.05, 3.63) is 76.9 Å². The molecule has 0 N–H and O–H groups in total. The van der Waals surface area contributed by atoms with Crippen LogP contribution >= 0.6 is 15.9 Å². The molecule has 0 fully saturated rings. The van der Waals surface area contributed by atoms with Crippen molar-refractivity contribution in [2.24, 2.45) is 0 Å². The van der Waals surface area contributed by atoms with E-state index < -0.39 is 0 Å². The summed E-state index contributed by atoms with van der Waals surface area (Å²) in [6, 6.07) is 13.1. The fourth-order valence-corrected chi connectivity index (χ4v) is 2.78. The monoisotopic (exact) mass is 366 g/mol. The van der Waals surface area contributed by atoms with Gasteiger partial charge in [0.05, 0.1) is 11.9 Å². The van der Waals surface area contributed by atoms with E-state index in [2.05, 4.69) is 20.9 Å². The lowest BCUT2D eigenvalue weighted by Gasteiger charge is -1.97. The minimum Gasteiger partial charge on any atom is -0.453 e. The molecule has 5 heteroatoms. The molecule has 0 unspecified atom stereocenters. The Morgan fingerprint density at radius 3 is 2.96 bits per heavy atom. The predicted octanol–water partition coefficient (Wildman–Crippen LogP) is 4.74. The van der Waals surface area contributed by atoms with E-state index in [0.717, 1.165) is 21.2 Å². The van der Waals surface area contributed by atoms with Gasteiger partial charge in [-0.3, -0.25) is 9.20 Å². The highest BCUT2D eigenvalue weighted by atomic mass is 79.9. The van der Waals surface area contributed by atoms with Gasteiger partial charge in [-0.2, -0.15) is 0 Å². The average molecular weight is 367 g/mol. The van der Waals surface area contributed by atoms with Crippen LogP contribution < -0.4 is 0 Å². The average Bonchev–Trinajstić information content (AvgIpc) is 3.16. The van der Waals surface area contributed by atoms with Crippen LogP contribution in [0.3, 0.4) is 0 Å². The second kappa shape index (κ2) is 5.52. The Morgan fingerprint density at radius 1 is 1.22 bits per heavy atom. The van der Waals surface area contributed by atoms with E-state index in [1.54, 1.807) is 18.3 Å². The number of hydrogen-bond donors (Lipinski definition) is 0. The van der Waals surface area contributed by atoms with Crippen LogP contribution in [0.4, 0.5) is 0 Å². The van der Waals surface area contributed by atoms with Gasteiger partial charge in [0.2, 0.25) is 5.78 Å². The number of pyridine rings is 1. The molecule has 3 aromatic heterocycles. The van der Waals surface area contributed by atoms with Gasteiger partial charge in [-0.05, 0) is 52.3 Å². The summed E-state index contributed by atoms with van der Waals surface area (Å²) in [6.07, 6.45) is 6.88.